The van der Waals surface area contributed by atoms with Gasteiger partial charge in [0.05, 0.1) is 11.0 Å². The second-order valence-electron chi connectivity index (χ2n) is 7.65. The summed E-state index contributed by atoms with van der Waals surface area (Å²) >= 11 is 0. The molecular formula is C23H24N6O. The Hall–Kier alpha value is -3.48. The van der Waals surface area contributed by atoms with Crippen molar-refractivity contribution in [1.29, 1.82) is 0 Å². The van der Waals surface area contributed by atoms with Gasteiger partial charge in [0.2, 0.25) is 0 Å². The van der Waals surface area contributed by atoms with Gasteiger partial charge >= 0.3 is 0 Å². The van der Waals surface area contributed by atoms with Crippen molar-refractivity contribution in [2.24, 2.45) is 0 Å². The molecule has 0 spiro atoms. The van der Waals surface area contributed by atoms with Gasteiger partial charge < -0.3 is 9.88 Å². The quantitative estimate of drug-likeness (QED) is 0.558. The van der Waals surface area contributed by atoms with Gasteiger partial charge in [0.15, 0.2) is 0 Å². The predicted octanol–water partition coefficient (Wildman–Crippen LogP) is 3.32. The fraction of sp³-hybridized carbons (Fsp3) is 0.304. The molecule has 1 N–H and O–H groups in total. The summed E-state index contributed by atoms with van der Waals surface area (Å²) in [6, 6.07) is 15.6. The molecular weight excluding hydrogens is 376 g/mol. The second-order valence-corrected chi connectivity index (χ2v) is 7.65. The van der Waals surface area contributed by atoms with Crippen molar-refractivity contribution in [3.8, 4) is 5.69 Å². The van der Waals surface area contributed by atoms with Crippen LogP contribution in [0.25, 0.3) is 16.7 Å². The van der Waals surface area contributed by atoms with E-state index >= 15 is 0 Å². The van der Waals surface area contributed by atoms with Crippen LogP contribution in [0.15, 0.2) is 54.9 Å². The van der Waals surface area contributed by atoms with E-state index in [2.05, 4.69) is 25.1 Å². The first-order chi connectivity index (χ1) is 14.8. The zero-order valence-corrected chi connectivity index (χ0v) is 16.8. The highest BCUT2D eigenvalue weighted by atomic mass is 16.1. The van der Waals surface area contributed by atoms with Crippen molar-refractivity contribution >= 4 is 16.9 Å². The van der Waals surface area contributed by atoms with Crippen LogP contribution in [0.5, 0.6) is 0 Å². The summed E-state index contributed by atoms with van der Waals surface area (Å²) in [5, 5.41) is 11.7. The number of aromatic nitrogens is 5. The standard InChI is InChI=1S/C23H24N6O/c30-23(24-14-13-22-27-26-21-8-2-1-5-15-28(21)22)17-9-11-18(12-10-17)29-16-25-19-6-3-4-7-20(19)29/h3-4,6-7,9-12,16H,1-2,5,8,13-15H2,(H,24,30). The third-order valence-electron chi connectivity index (χ3n) is 5.68. The minimum atomic E-state index is -0.0763. The van der Waals surface area contributed by atoms with Crippen molar-refractivity contribution in [3.05, 3.63) is 72.1 Å². The monoisotopic (exact) mass is 400 g/mol. The van der Waals surface area contributed by atoms with Gasteiger partial charge in [-0.1, -0.05) is 18.6 Å². The predicted molar refractivity (Wildman–Crippen MR) is 115 cm³/mol. The molecule has 0 saturated carbocycles. The van der Waals surface area contributed by atoms with E-state index in [9.17, 15) is 4.79 Å². The molecule has 1 aliphatic rings. The lowest BCUT2D eigenvalue weighted by Gasteiger charge is -2.09. The van der Waals surface area contributed by atoms with E-state index in [4.69, 9.17) is 0 Å². The van der Waals surface area contributed by atoms with Crippen molar-refractivity contribution in [1.82, 2.24) is 29.6 Å². The molecule has 7 heteroatoms. The molecule has 0 saturated heterocycles. The zero-order valence-electron chi connectivity index (χ0n) is 16.8. The number of nitrogens with one attached hydrogen (secondary N) is 1. The van der Waals surface area contributed by atoms with Crippen molar-refractivity contribution in [2.75, 3.05) is 6.54 Å². The third-order valence-corrected chi connectivity index (χ3v) is 5.68. The van der Waals surface area contributed by atoms with E-state index in [-0.39, 0.29) is 5.91 Å². The molecule has 1 aliphatic heterocycles. The topological polar surface area (TPSA) is 77.6 Å². The number of nitrogens with zero attached hydrogens (tertiary/aromatic N) is 5. The van der Waals surface area contributed by atoms with E-state index in [1.54, 1.807) is 6.33 Å². The van der Waals surface area contributed by atoms with E-state index < -0.39 is 0 Å². The van der Waals surface area contributed by atoms with E-state index in [0.717, 1.165) is 41.3 Å². The molecule has 0 unspecified atom stereocenters. The number of benzene rings is 2. The highest BCUT2D eigenvalue weighted by Gasteiger charge is 2.15. The van der Waals surface area contributed by atoms with Gasteiger partial charge in [-0.05, 0) is 49.2 Å². The normalized spacial score (nSPS) is 13.7. The summed E-state index contributed by atoms with van der Waals surface area (Å²) in [6.45, 7) is 1.53. The van der Waals surface area contributed by atoms with Crippen LogP contribution in [0.2, 0.25) is 0 Å². The third kappa shape index (κ3) is 3.58. The van der Waals surface area contributed by atoms with Crippen LogP contribution in [0.4, 0.5) is 0 Å². The molecule has 7 nitrogen and oxygen atoms in total. The molecule has 30 heavy (non-hydrogen) atoms. The number of hydrogen-bond acceptors (Lipinski definition) is 4. The fourth-order valence-electron chi connectivity index (χ4n) is 4.06. The van der Waals surface area contributed by atoms with Crippen molar-refractivity contribution in [3.63, 3.8) is 0 Å². The van der Waals surface area contributed by atoms with E-state index in [1.807, 2.05) is 53.1 Å². The summed E-state index contributed by atoms with van der Waals surface area (Å²) in [5.41, 5.74) is 3.61. The summed E-state index contributed by atoms with van der Waals surface area (Å²) < 4.78 is 4.25. The number of carbonyl (C=O) groups excluding carboxylic acids is 1. The number of imidazole rings is 1. The molecule has 0 radical (unpaired) electrons. The maximum Gasteiger partial charge on any atom is 0.251 e. The molecule has 0 aliphatic carbocycles. The molecule has 1 amide bonds. The summed E-state index contributed by atoms with van der Waals surface area (Å²) in [6.07, 6.45) is 7.09. The number of aryl methyl sites for hydroxylation is 1. The molecule has 2 aromatic carbocycles. The van der Waals surface area contributed by atoms with Gasteiger partial charge in [0.1, 0.15) is 18.0 Å². The van der Waals surface area contributed by atoms with Crippen LogP contribution in [-0.4, -0.2) is 36.8 Å². The van der Waals surface area contributed by atoms with Crippen LogP contribution >= 0.6 is 0 Å². The molecule has 0 bridgehead atoms. The summed E-state index contributed by atoms with van der Waals surface area (Å²) in [4.78, 5) is 17.0. The molecule has 152 valence electrons. The SMILES string of the molecule is O=C(NCCc1nnc2n1CCCCC2)c1ccc(-n2cnc3ccccc32)cc1. The first-order valence-electron chi connectivity index (χ1n) is 10.5. The van der Waals surface area contributed by atoms with E-state index in [1.165, 1.54) is 19.3 Å². The Morgan fingerprint density at radius 2 is 1.87 bits per heavy atom. The Bertz CT molecular complexity index is 1170. The molecule has 5 rings (SSSR count). The Labute approximate surface area is 174 Å². The molecule has 3 heterocycles. The lowest BCUT2D eigenvalue weighted by molar-refractivity contribution is 0.0954. The Balaban J connectivity index is 1.22. The lowest BCUT2D eigenvalue weighted by Crippen LogP contribution is -2.26. The van der Waals surface area contributed by atoms with Crippen LogP contribution in [0.3, 0.4) is 0 Å². The Morgan fingerprint density at radius 1 is 1.00 bits per heavy atom. The van der Waals surface area contributed by atoms with Crippen LogP contribution in [0.1, 0.15) is 41.3 Å². The highest BCUT2D eigenvalue weighted by molar-refractivity contribution is 5.94. The van der Waals surface area contributed by atoms with Crippen LogP contribution in [0, 0.1) is 0 Å². The average molecular weight is 400 g/mol. The highest BCUT2D eigenvalue weighted by Crippen LogP contribution is 2.18. The van der Waals surface area contributed by atoms with Gasteiger partial charge in [-0.25, -0.2) is 4.98 Å². The zero-order chi connectivity index (χ0) is 20.3. The van der Waals surface area contributed by atoms with E-state index in [0.29, 0.717) is 18.5 Å². The first-order valence-corrected chi connectivity index (χ1v) is 10.5. The molecule has 0 fully saturated rings. The minimum Gasteiger partial charge on any atom is -0.352 e. The first kappa shape index (κ1) is 18.5. The van der Waals surface area contributed by atoms with Gasteiger partial charge in [-0.15, -0.1) is 10.2 Å². The Kier molecular flexibility index (Phi) is 5.01. The summed E-state index contributed by atoms with van der Waals surface area (Å²) in [5.74, 6) is 1.97. The van der Waals surface area contributed by atoms with Crippen LogP contribution in [-0.2, 0) is 19.4 Å². The largest absolute Gasteiger partial charge is 0.352 e. The number of amides is 1. The smallest absolute Gasteiger partial charge is 0.251 e. The molecule has 2 aromatic heterocycles. The molecule has 0 atom stereocenters. The van der Waals surface area contributed by atoms with Crippen molar-refractivity contribution < 1.29 is 4.79 Å². The summed E-state index contributed by atoms with van der Waals surface area (Å²) in [7, 11) is 0. The van der Waals surface area contributed by atoms with Gasteiger partial charge in [0, 0.05) is 37.2 Å². The molecule has 4 aromatic rings. The lowest BCUT2D eigenvalue weighted by atomic mass is 10.2. The second kappa shape index (κ2) is 8.10. The van der Waals surface area contributed by atoms with Gasteiger partial charge in [-0.2, -0.15) is 0 Å². The Morgan fingerprint density at radius 3 is 2.77 bits per heavy atom. The average Bonchev–Trinajstić information content (AvgIpc) is 3.30. The van der Waals surface area contributed by atoms with Crippen LogP contribution < -0.4 is 5.32 Å². The fourth-order valence-corrected chi connectivity index (χ4v) is 4.06. The number of hydrogen-bond donors (Lipinski definition) is 1. The maximum absolute atomic E-state index is 12.6. The van der Waals surface area contributed by atoms with Crippen molar-refractivity contribution in [2.45, 2.75) is 38.6 Å². The maximum atomic E-state index is 12.6. The number of fused-ring (bicyclic) bond motifs is 2. The van der Waals surface area contributed by atoms with Gasteiger partial charge in [0.25, 0.3) is 5.91 Å². The number of carbonyl (C=O) groups is 1. The minimum absolute atomic E-state index is 0.0763. The van der Waals surface area contributed by atoms with Gasteiger partial charge in [-0.3, -0.25) is 9.36 Å². The number of para-hydroxylation sites is 2. The number of rotatable bonds is 5.